The molecule has 0 spiro atoms. The quantitative estimate of drug-likeness (QED) is 0.850. The number of nitrogens with one attached hydrogen (secondary N) is 2. The monoisotopic (exact) mass is 337 g/mol. The summed E-state index contributed by atoms with van der Waals surface area (Å²) in [6, 6.07) is 7.46. The Morgan fingerprint density at radius 2 is 2.30 bits per heavy atom. The molecule has 1 heterocycles. The first-order valence-electron chi connectivity index (χ1n) is 6.37. The van der Waals surface area contributed by atoms with Crippen molar-refractivity contribution in [2.24, 2.45) is 0 Å². The molecule has 1 amide bonds. The molecule has 0 aliphatic rings. The molecule has 0 unspecified atom stereocenters. The smallest absolute Gasteiger partial charge is 0.238 e. The number of aromatic nitrogens is 1. The van der Waals surface area contributed by atoms with E-state index >= 15 is 0 Å². The van der Waals surface area contributed by atoms with Crippen molar-refractivity contribution in [1.29, 1.82) is 0 Å². The highest BCUT2D eigenvalue weighted by Gasteiger charge is 2.05. The minimum absolute atomic E-state index is 0.106. The van der Waals surface area contributed by atoms with Gasteiger partial charge in [0, 0.05) is 16.6 Å². The molecule has 106 valence electrons. The van der Waals surface area contributed by atoms with Gasteiger partial charge in [-0.3, -0.25) is 10.1 Å². The van der Waals surface area contributed by atoms with Gasteiger partial charge in [-0.05, 0) is 18.2 Å². The van der Waals surface area contributed by atoms with Crippen molar-refractivity contribution in [3.63, 3.8) is 0 Å². The maximum absolute atomic E-state index is 11.7. The Balaban J connectivity index is 1.75. The molecule has 0 aliphatic carbocycles. The predicted molar refractivity (Wildman–Crippen MR) is 80.4 cm³/mol. The largest absolute Gasteiger partial charge is 0.444 e. The molecule has 0 atom stereocenters. The number of rotatable bonds is 6. The van der Waals surface area contributed by atoms with Gasteiger partial charge in [-0.2, -0.15) is 0 Å². The fourth-order valence-electron chi connectivity index (χ4n) is 1.65. The molecule has 6 heteroatoms. The summed E-state index contributed by atoms with van der Waals surface area (Å²) in [7, 11) is 0. The van der Waals surface area contributed by atoms with E-state index in [9.17, 15) is 4.79 Å². The Morgan fingerprint density at radius 3 is 3.00 bits per heavy atom. The van der Waals surface area contributed by atoms with E-state index in [1.54, 1.807) is 6.20 Å². The van der Waals surface area contributed by atoms with Crippen LogP contribution in [-0.2, 0) is 17.8 Å². The summed E-state index contributed by atoms with van der Waals surface area (Å²) in [5.41, 5.74) is 0.760. The zero-order valence-corrected chi connectivity index (χ0v) is 12.7. The zero-order chi connectivity index (χ0) is 14.4. The number of halogens is 1. The van der Waals surface area contributed by atoms with E-state index in [2.05, 4.69) is 31.5 Å². The molecule has 0 saturated heterocycles. The minimum Gasteiger partial charge on any atom is -0.444 e. The van der Waals surface area contributed by atoms with Gasteiger partial charge in [0.05, 0.1) is 19.3 Å². The second-order valence-electron chi connectivity index (χ2n) is 4.24. The van der Waals surface area contributed by atoms with Crippen LogP contribution in [0, 0.1) is 0 Å². The summed E-state index contributed by atoms with van der Waals surface area (Å²) in [4.78, 5) is 15.8. The number of carbonyl (C=O) groups is 1. The summed E-state index contributed by atoms with van der Waals surface area (Å²) >= 11 is 3.36. The van der Waals surface area contributed by atoms with Gasteiger partial charge >= 0.3 is 0 Å². The van der Waals surface area contributed by atoms with E-state index in [4.69, 9.17) is 4.42 Å². The molecule has 1 aromatic carbocycles. The first-order valence-corrected chi connectivity index (χ1v) is 7.16. The second kappa shape index (κ2) is 7.21. The lowest BCUT2D eigenvalue weighted by Gasteiger charge is -2.06. The summed E-state index contributed by atoms with van der Waals surface area (Å²) in [6.07, 6.45) is 2.52. The fraction of sp³-hybridized carbons (Fsp3) is 0.286. The van der Waals surface area contributed by atoms with Crippen LogP contribution < -0.4 is 10.6 Å². The van der Waals surface area contributed by atoms with E-state index in [1.807, 2.05) is 31.2 Å². The number of benzene rings is 1. The van der Waals surface area contributed by atoms with E-state index in [-0.39, 0.29) is 12.5 Å². The third-order valence-corrected chi connectivity index (χ3v) is 3.11. The molecule has 2 N–H and O–H groups in total. The predicted octanol–water partition coefficient (Wildman–Crippen LogP) is 2.73. The maximum atomic E-state index is 11.7. The zero-order valence-electron chi connectivity index (χ0n) is 11.1. The summed E-state index contributed by atoms with van der Waals surface area (Å²) in [5, 5.41) is 5.80. The molecule has 1 aromatic heterocycles. The lowest BCUT2D eigenvalue weighted by molar-refractivity contribution is -0.115. The van der Waals surface area contributed by atoms with Crippen LogP contribution in [0.1, 0.15) is 18.6 Å². The van der Waals surface area contributed by atoms with Gasteiger partial charge in [-0.25, -0.2) is 4.98 Å². The first-order chi connectivity index (χ1) is 9.67. The Kier molecular flexibility index (Phi) is 5.31. The van der Waals surface area contributed by atoms with Crippen LogP contribution >= 0.6 is 15.9 Å². The van der Waals surface area contributed by atoms with Crippen LogP contribution in [0.4, 0.5) is 5.69 Å². The van der Waals surface area contributed by atoms with Gasteiger partial charge in [-0.15, -0.1) is 0 Å². The molecule has 20 heavy (non-hydrogen) atoms. The number of nitrogens with zero attached hydrogens (tertiary/aromatic N) is 1. The van der Waals surface area contributed by atoms with Crippen molar-refractivity contribution in [2.75, 3.05) is 11.9 Å². The molecular formula is C14H16BrN3O2. The van der Waals surface area contributed by atoms with Crippen molar-refractivity contribution in [3.8, 4) is 0 Å². The molecular weight excluding hydrogens is 322 g/mol. The highest BCUT2D eigenvalue weighted by molar-refractivity contribution is 9.10. The Morgan fingerprint density at radius 1 is 1.45 bits per heavy atom. The van der Waals surface area contributed by atoms with Gasteiger partial charge in [-0.1, -0.05) is 28.9 Å². The van der Waals surface area contributed by atoms with Crippen molar-refractivity contribution in [2.45, 2.75) is 19.9 Å². The van der Waals surface area contributed by atoms with E-state index in [1.165, 1.54) is 0 Å². The topological polar surface area (TPSA) is 67.2 Å². The van der Waals surface area contributed by atoms with Crippen LogP contribution in [-0.4, -0.2) is 17.4 Å². The second-order valence-corrected chi connectivity index (χ2v) is 5.15. The maximum Gasteiger partial charge on any atom is 0.238 e. The molecule has 5 nitrogen and oxygen atoms in total. The molecule has 0 radical (unpaired) electrons. The highest BCUT2D eigenvalue weighted by Crippen LogP contribution is 2.15. The number of carbonyl (C=O) groups excluding carboxylic acids is 1. The van der Waals surface area contributed by atoms with Crippen LogP contribution in [0.5, 0.6) is 0 Å². The van der Waals surface area contributed by atoms with Gasteiger partial charge in [0.15, 0.2) is 0 Å². The Bertz CT molecular complexity index is 583. The number of oxazole rings is 1. The number of aryl methyl sites for hydroxylation is 1. The van der Waals surface area contributed by atoms with Crippen molar-refractivity contribution in [1.82, 2.24) is 10.3 Å². The third-order valence-electron chi connectivity index (χ3n) is 2.62. The average molecular weight is 338 g/mol. The number of hydrogen-bond donors (Lipinski definition) is 2. The number of hydrogen-bond acceptors (Lipinski definition) is 4. The van der Waals surface area contributed by atoms with Crippen LogP contribution in [0.15, 0.2) is 39.4 Å². The lowest BCUT2D eigenvalue weighted by atomic mass is 10.3. The van der Waals surface area contributed by atoms with E-state index in [0.29, 0.717) is 12.4 Å². The average Bonchev–Trinajstić information content (AvgIpc) is 2.86. The van der Waals surface area contributed by atoms with Crippen LogP contribution in [0.2, 0.25) is 0 Å². The summed E-state index contributed by atoms with van der Waals surface area (Å²) < 4.78 is 6.36. The molecule has 0 saturated carbocycles. The Labute approximate surface area is 125 Å². The standard InChI is InChI=1S/C14H16BrN3O2/c1-2-12-7-17-14(20-12)9-16-8-13(19)18-11-5-3-4-10(15)6-11/h3-7,16H,2,8-9H2,1H3,(H,18,19). The molecule has 0 fully saturated rings. The van der Waals surface area contributed by atoms with Gasteiger partial charge in [0.1, 0.15) is 5.76 Å². The van der Waals surface area contributed by atoms with Crippen LogP contribution in [0.25, 0.3) is 0 Å². The van der Waals surface area contributed by atoms with E-state index < -0.39 is 0 Å². The van der Waals surface area contributed by atoms with Crippen molar-refractivity contribution < 1.29 is 9.21 Å². The fourth-order valence-corrected chi connectivity index (χ4v) is 2.05. The molecule has 2 aromatic rings. The number of amides is 1. The SMILES string of the molecule is CCc1cnc(CNCC(=O)Nc2cccc(Br)c2)o1. The van der Waals surface area contributed by atoms with Gasteiger partial charge < -0.3 is 9.73 Å². The molecule has 2 rings (SSSR count). The van der Waals surface area contributed by atoms with Gasteiger partial charge in [0.2, 0.25) is 11.8 Å². The van der Waals surface area contributed by atoms with Gasteiger partial charge in [0.25, 0.3) is 0 Å². The summed E-state index contributed by atoms with van der Waals surface area (Å²) in [5.74, 6) is 1.34. The van der Waals surface area contributed by atoms with E-state index in [0.717, 1.165) is 22.3 Å². The molecule has 0 aliphatic heterocycles. The lowest BCUT2D eigenvalue weighted by Crippen LogP contribution is -2.27. The summed E-state index contributed by atoms with van der Waals surface area (Å²) in [6.45, 7) is 2.64. The molecule has 0 bridgehead atoms. The Hall–Kier alpha value is -1.66. The number of anilines is 1. The minimum atomic E-state index is -0.106. The first kappa shape index (κ1) is 14.7. The third kappa shape index (κ3) is 4.47. The van der Waals surface area contributed by atoms with Crippen LogP contribution in [0.3, 0.4) is 0 Å². The normalized spacial score (nSPS) is 10.5. The van der Waals surface area contributed by atoms with Crippen molar-refractivity contribution >= 4 is 27.5 Å². The van der Waals surface area contributed by atoms with Crippen molar-refractivity contribution in [3.05, 3.63) is 46.6 Å². The highest BCUT2D eigenvalue weighted by atomic mass is 79.9.